The molecule has 0 fully saturated rings. The lowest BCUT2D eigenvalue weighted by molar-refractivity contribution is 1.13. The Morgan fingerprint density at radius 3 is 2.88 bits per heavy atom. The van der Waals surface area contributed by atoms with Gasteiger partial charge in [0, 0.05) is 18.1 Å². The highest BCUT2D eigenvalue weighted by Crippen LogP contribution is 2.27. The van der Waals surface area contributed by atoms with E-state index in [2.05, 4.69) is 9.97 Å². The third-order valence-electron chi connectivity index (χ3n) is 1.95. The van der Waals surface area contributed by atoms with Gasteiger partial charge in [0.2, 0.25) is 0 Å². The van der Waals surface area contributed by atoms with Crippen molar-refractivity contribution in [1.82, 2.24) is 9.97 Å². The highest BCUT2D eigenvalue weighted by Gasteiger charge is 2.02. The number of halogens is 1. The van der Waals surface area contributed by atoms with Crippen LogP contribution in [-0.4, -0.2) is 9.97 Å². The molecule has 0 aliphatic heterocycles. The maximum absolute atomic E-state index is 6.00. The van der Waals surface area contributed by atoms with Crippen LogP contribution < -0.4 is 5.73 Å². The first kappa shape index (κ1) is 11.2. The predicted molar refractivity (Wildman–Crippen MR) is 67.5 cm³/mol. The molecule has 0 aromatic carbocycles. The summed E-state index contributed by atoms with van der Waals surface area (Å²) in [7, 11) is 0. The van der Waals surface area contributed by atoms with Gasteiger partial charge in [0.25, 0.3) is 0 Å². The van der Waals surface area contributed by atoms with E-state index < -0.39 is 0 Å². The maximum Gasteiger partial charge on any atom is 0.123 e. The molecule has 0 saturated carbocycles. The zero-order valence-corrected chi connectivity index (χ0v) is 10.0. The highest BCUT2D eigenvalue weighted by molar-refractivity contribution is 7.98. The quantitative estimate of drug-likeness (QED) is 0.852. The second-order valence-corrected chi connectivity index (χ2v) is 4.54. The number of nitrogen functional groups attached to an aromatic ring is 1. The second-order valence-electron chi connectivity index (χ2n) is 3.17. The van der Waals surface area contributed by atoms with Gasteiger partial charge in [-0.3, -0.25) is 0 Å². The van der Waals surface area contributed by atoms with Gasteiger partial charge in [0.15, 0.2) is 0 Å². The van der Waals surface area contributed by atoms with Crippen LogP contribution in [0.2, 0.25) is 5.02 Å². The lowest BCUT2D eigenvalue weighted by atomic mass is 10.3. The van der Waals surface area contributed by atoms with E-state index in [4.69, 9.17) is 17.3 Å². The number of aromatic nitrogens is 2. The number of anilines is 1. The first-order valence-corrected chi connectivity index (χ1v) is 6.06. The van der Waals surface area contributed by atoms with Crippen LogP contribution in [-0.2, 0) is 5.75 Å². The van der Waals surface area contributed by atoms with Crippen molar-refractivity contribution in [3.63, 3.8) is 0 Å². The van der Waals surface area contributed by atoms with E-state index in [1.807, 2.05) is 24.3 Å². The van der Waals surface area contributed by atoms with E-state index in [0.29, 0.717) is 10.8 Å². The van der Waals surface area contributed by atoms with Gasteiger partial charge in [0.05, 0.1) is 5.02 Å². The van der Waals surface area contributed by atoms with Crippen molar-refractivity contribution in [2.45, 2.75) is 10.8 Å². The van der Waals surface area contributed by atoms with E-state index in [9.17, 15) is 0 Å². The minimum atomic E-state index is 0.533. The van der Waals surface area contributed by atoms with Gasteiger partial charge in [-0.25, -0.2) is 9.97 Å². The Labute approximate surface area is 103 Å². The number of nitrogens with two attached hydrogens (primary N) is 1. The average Bonchev–Trinajstić information content (AvgIpc) is 2.28. The number of hydrogen-bond donors (Lipinski definition) is 1. The van der Waals surface area contributed by atoms with E-state index in [1.54, 1.807) is 24.2 Å². The normalized spacial score (nSPS) is 10.3. The van der Waals surface area contributed by atoms with Crippen LogP contribution in [0.1, 0.15) is 5.56 Å². The molecule has 0 aliphatic carbocycles. The molecule has 82 valence electrons. The summed E-state index contributed by atoms with van der Waals surface area (Å²) in [6, 6.07) is 7.43. The first-order valence-electron chi connectivity index (χ1n) is 4.69. The van der Waals surface area contributed by atoms with Gasteiger partial charge < -0.3 is 5.73 Å². The summed E-state index contributed by atoms with van der Waals surface area (Å²) in [5.74, 6) is 1.31. The maximum atomic E-state index is 6.00. The fraction of sp³-hybridized carbons (Fsp3) is 0.0909. The molecule has 5 heteroatoms. The van der Waals surface area contributed by atoms with E-state index in [0.717, 1.165) is 16.3 Å². The van der Waals surface area contributed by atoms with Crippen LogP contribution in [0.4, 0.5) is 5.82 Å². The van der Waals surface area contributed by atoms with Crippen molar-refractivity contribution >= 4 is 29.2 Å². The summed E-state index contributed by atoms with van der Waals surface area (Å²) in [6.45, 7) is 0. The molecule has 0 unspecified atom stereocenters. The van der Waals surface area contributed by atoms with Gasteiger partial charge in [-0.15, -0.1) is 11.8 Å². The molecule has 0 aliphatic rings. The van der Waals surface area contributed by atoms with Gasteiger partial charge in [-0.1, -0.05) is 11.6 Å². The van der Waals surface area contributed by atoms with Gasteiger partial charge >= 0.3 is 0 Å². The number of rotatable bonds is 3. The van der Waals surface area contributed by atoms with Crippen molar-refractivity contribution in [1.29, 1.82) is 0 Å². The topological polar surface area (TPSA) is 51.8 Å². The zero-order chi connectivity index (χ0) is 11.4. The van der Waals surface area contributed by atoms with Crippen molar-refractivity contribution in [2.75, 3.05) is 5.73 Å². The van der Waals surface area contributed by atoms with Gasteiger partial charge in [-0.2, -0.15) is 0 Å². The lowest BCUT2D eigenvalue weighted by Crippen LogP contribution is -1.91. The third-order valence-corrected chi connectivity index (χ3v) is 3.44. The minimum Gasteiger partial charge on any atom is -0.384 e. The van der Waals surface area contributed by atoms with Crippen LogP contribution >= 0.6 is 23.4 Å². The zero-order valence-electron chi connectivity index (χ0n) is 8.43. The predicted octanol–water partition coefficient (Wildman–Crippen LogP) is 3.00. The molecular weight excluding hydrogens is 242 g/mol. The fourth-order valence-corrected chi connectivity index (χ4v) is 2.32. The Bertz CT molecular complexity index is 490. The molecule has 0 bridgehead atoms. The van der Waals surface area contributed by atoms with Gasteiger partial charge in [-0.05, 0) is 29.8 Å². The Morgan fingerprint density at radius 2 is 2.12 bits per heavy atom. The molecule has 2 aromatic rings. The van der Waals surface area contributed by atoms with Crippen molar-refractivity contribution in [2.24, 2.45) is 0 Å². The van der Waals surface area contributed by atoms with Crippen LogP contribution in [0.25, 0.3) is 0 Å². The third kappa shape index (κ3) is 2.87. The van der Waals surface area contributed by atoms with E-state index >= 15 is 0 Å². The Balaban J connectivity index is 2.05. The number of pyridine rings is 2. The Kier molecular flexibility index (Phi) is 3.64. The smallest absolute Gasteiger partial charge is 0.123 e. The molecule has 0 atom stereocenters. The SMILES string of the molecule is Nc1cc(CSc2ncccc2Cl)ccn1. The van der Waals surface area contributed by atoms with Gasteiger partial charge in [0.1, 0.15) is 10.8 Å². The molecule has 2 heterocycles. The van der Waals surface area contributed by atoms with Crippen molar-refractivity contribution in [3.05, 3.63) is 47.2 Å². The molecule has 3 nitrogen and oxygen atoms in total. The summed E-state index contributed by atoms with van der Waals surface area (Å²) in [5, 5.41) is 1.51. The molecular formula is C11H10ClN3S. The fourth-order valence-electron chi connectivity index (χ4n) is 1.21. The minimum absolute atomic E-state index is 0.533. The first-order chi connectivity index (χ1) is 7.75. The number of hydrogen-bond acceptors (Lipinski definition) is 4. The molecule has 0 saturated heterocycles. The van der Waals surface area contributed by atoms with E-state index in [1.165, 1.54) is 0 Å². The average molecular weight is 252 g/mol. The summed E-state index contributed by atoms with van der Waals surface area (Å²) in [6.07, 6.45) is 3.43. The number of thioether (sulfide) groups is 1. The molecule has 16 heavy (non-hydrogen) atoms. The monoisotopic (exact) mass is 251 g/mol. The lowest BCUT2D eigenvalue weighted by Gasteiger charge is -2.03. The summed E-state index contributed by atoms with van der Waals surface area (Å²) >= 11 is 7.58. The molecule has 2 aromatic heterocycles. The van der Waals surface area contributed by atoms with E-state index in [-0.39, 0.29) is 0 Å². The Hall–Kier alpha value is -1.26. The Morgan fingerprint density at radius 1 is 1.25 bits per heavy atom. The van der Waals surface area contributed by atoms with Crippen LogP contribution in [0, 0.1) is 0 Å². The standard InChI is InChI=1S/C11H10ClN3S/c12-9-2-1-4-15-11(9)16-7-8-3-5-14-10(13)6-8/h1-6H,7H2,(H2,13,14). The van der Waals surface area contributed by atoms with Crippen LogP contribution in [0.15, 0.2) is 41.7 Å². The number of nitrogens with zero attached hydrogens (tertiary/aromatic N) is 2. The molecule has 0 radical (unpaired) electrons. The molecule has 2 rings (SSSR count). The summed E-state index contributed by atoms with van der Waals surface area (Å²) in [4.78, 5) is 8.14. The summed E-state index contributed by atoms with van der Waals surface area (Å²) in [5.41, 5.74) is 6.71. The second kappa shape index (κ2) is 5.18. The van der Waals surface area contributed by atoms with Crippen LogP contribution in [0.3, 0.4) is 0 Å². The van der Waals surface area contributed by atoms with Crippen molar-refractivity contribution in [3.8, 4) is 0 Å². The van der Waals surface area contributed by atoms with Crippen LogP contribution in [0.5, 0.6) is 0 Å². The molecule has 2 N–H and O–H groups in total. The summed E-state index contributed by atoms with van der Waals surface area (Å²) < 4.78 is 0. The van der Waals surface area contributed by atoms with Crippen molar-refractivity contribution < 1.29 is 0 Å². The molecule has 0 amide bonds. The largest absolute Gasteiger partial charge is 0.384 e. The molecule has 0 spiro atoms. The highest BCUT2D eigenvalue weighted by atomic mass is 35.5.